The molecule has 1 spiro atoms. The monoisotopic (exact) mass is 341 g/mol. The number of piperidine rings is 1. The standard InChI is InChI=1S/C22H31NO2/c1-13-12-23-19-16-5-3-4-14(16)6-7-17(19)21(2)22(11-9-18(24)25-21)10-8-15(13)20(22)23/h5,13-15,17,19-20H,3-4,6-12H2,1-2H3/t13-,14+,15-,17+,19+,20+,21-,22+/m1/s1. The molecule has 3 heterocycles. The molecule has 5 fully saturated rings. The molecule has 0 aromatic carbocycles. The van der Waals surface area contributed by atoms with Crippen molar-refractivity contribution in [3.8, 4) is 0 Å². The van der Waals surface area contributed by atoms with Crippen LogP contribution < -0.4 is 0 Å². The zero-order valence-electron chi connectivity index (χ0n) is 15.7. The predicted molar refractivity (Wildman–Crippen MR) is 95.9 cm³/mol. The first-order chi connectivity index (χ1) is 12.1. The fourth-order valence-electron chi connectivity index (χ4n) is 8.62. The lowest BCUT2D eigenvalue weighted by Gasteiger charge is -2.65. The zero-order valence-corrected chi connectivity index (χ0v) is 15.7. The number of carbonyl (C=O) groups is 1. The second kappa shape index (κ2) is 4.71. The number of nitrogens with zero attached hydrogens (tertiary/aromatic N) is 1. The first kappa shape index (κ1) is 15.2. The Kier molecular flexibility index (Phi) is 2.87. The molecule has 8 atom stereocenters. The number of hydrogen-bond donors (Lipinski definition) is 0. The number of carbonyl (C=O) groups excluding carboxylic acids is 1. The van der Waals surface area contributed by atoms with Crippen LogP contribution in [-0.4, -0.2) is 35.1 Å². The van der Waals surface area contributed by atoms with Gasteiger partial charge in [-0.3, -0.25) is 9.69 Å². The molecule has 0 amide bonds. The van der Waals surface area contributed by atoms with Crippen LogP contribution in [0.1, 0.15) is 65.2 Å². The topological polar surface area (TPSA) is 29.5 Å². The van der Waals surface area contributed by atoms with E-state index in [1.807, 2.05) is 0 Å². The van der Waals surface area contributed by atoms with Gasteiger partial charge in [-0.05, 0) is 69.6 Å². The van der Waals surface area contributed by atoms with E-state index in [2.05, 4.69) is 24.8 Å². The van der Waals surface area contributed by atoms with Crippen molar-refractivity contribution >= 4 is 5.97 Å². The van der Waals surface area contributed by atoms with Crippen LogP contribution in [0.25, 0.3) is 0 Å². The van der Waals surface area contributed by atoms with E-state index in [0.717, 1.165) is 24.2 Å². The highest BCUT2D eigenvalue weighted by molar-refractivity contribution is 5.71. The van der Waals surface area contributed by atoms with Gasteiger partial charge in [0.25, 0.3) is 0 Å². The normalized spacial score (nSPS) is 56.6. The lowest BCUT2D eigenvalue weighted by atomic mass is 9.52. The molecule has 0 unspecified atom stereocenters. The van der Waals surface area contributed by atoms with E-state index in [1.54, 1.807) is 5.57 Å². The molecule has 3 nitrogen and oxygen atoms in total. The Morgan fingerprint density at radius 1 is 1.20 bits per heavy atom. The first-order valence-corrected chi connectivity index (χ1v) is 10.7. The molecule has 2 saturated carbocycles. The average molecular weight is 341 g/mol. The summed E-state index contributed by atoms with van der Waals surface area (Å²) in [4.78, 5) is 15.3. The summed E-state index contributed by atoms with van der Waals surface area (Å²) in [6, 6.07) is 1.21. The van der Waals surface area contributed by atoms with Crippen LogP contribution in [0.5, 0.6) is 0 Å². The summed E-state index contributed by atoms with van der Waals surface area (Å²) in [7, 11) is 0. The molecular formula is C22H31NO2. The SMILES string of the molecule is C[C@@H]1CN2[C@H]3[C@@H]1CC[C@]31CCC(=O)O[C@]1(C)[C@H]1CC[C@@H]3CCC=C3[C@@H]12. The molecule has 3 aliphatic heterocycles. The molecule has 3 heteroatoms. The van der Waals surface area contributed by atoms with Gasteiger partial charge in [0.05, 0.1) is 0 Å². The van der Waals surface area contributed by atoms with Crippen molar-refractivity contribution in [3.63, 3.8) is 0 Å². The van der Waals surface area contributed by atoms with Gasteiger partial charge in [0.1, 0.15) is 5.60 Å². The van der Waals surface area contributed by atoms with Crippen molar-refractivity contribution in [2.24, 2.45) is 29.1 Å². The third kappa shape index (κ3) is 1.62. The van der Waals surface area contributed by atoms with E-state index in [9.17, 15) is 4.79 Å². The van der Waals surface area contributed by atoms with Crippen LogP contribution >= 0.6 is 0 Å². The Labute approximate surface area is 151 Å². The second-order valence-corrected chi connectivity index (χ2v) is 10.2. The van der Waals surface area contributed by atoms with Crippen molar-refractivity contribution in [2.75, 3.05) is 6.54 Å². The highest BCUT2D eigenvalue weighted by atomic mass is 16.6. The third-order valence-electron chi connectivity index (χ3n) is 9.55. The van der Waals surface area contributed by atoms with Crippen LogP contribution in [0.3, 0.4) is 0 Å². The number of allylic oxidation sites excluding steroid dienone is 1. The minimum atomic E-state index is -0.235. The van der Waals surface area contributed by atoms with Crippen LogP contribution in [0.4, 0.5) is 0 Å². The Bertz CT molecular complexity index is 671. The molecular weight excluding hydrogens is 310 g/mol. The first-order valence-electron chi connectivity index (χ1n) is 10.7. The van der Waals surface area contributed by atoms with E-state index in [1.165, 1.54) is 45.1 Å². The number of rotatable bonds is 0. The summed E-state index contributed by atoms with van der Waals surface area (Å²) < 4.78 is 6.37. The number of hydrogen-bond acceptors (Lipinski definition) is 3. The van der Waals surface area contributed by atoms with E-state index < -0.39 is 0 Å². The van der Waals surface area contributed by atoms with Crippen molar-refractivity contribution in [1.82, 2.24) is 4.90 Å². The zero-order chi connectivity index (χ0) is 17.0. The summed E-state index contributed by atoms with van der Waals surface area (Å²) >= 11 is 0. The van der Waals surface area contributed by atoms with Gasteiger partial charge >= 0.3 is 5.97 Å². The molecule has 0 N–H and O–H groups in total. The van der Waals surface area contributed by atoms with Gasteiger partial charge < -0.3 is 4.74 Å². The molecule has 3 aliphatic carbocycles. The molecule has 6 rings (SSSR count). The number of esters is 1. The van der Waals surface area contributed by atoms with Gasteiger partial charge in [-0.1, -0.05) is 18.6 Å². The number of fused-ring (bicyclic) bond motifs is 5. The van der Waals surface area contributed by atoms with Crippen LogP contribution in [0.2, 0.25) is 0 Å². The summed E-state index contributed by atoms with van der Waals surface area (Å²) in [5.74, 6) is 3.01. The van der Waals surface area contributed by atoms with Crippen molar-refractivity contribution in [2.45, 2.75) is 82.9 Å². The summed E-state index contributed by atoms with van der Waals surface area (Å²) in [6.07, 6.45) is 12.1. The van der Waals surface area contributed by atoms with Crippen LogP contribution in [0, 0.1) is 29.1 Å². The molecule has 6 aliphatic rings. The minimum absolute atomic E-state index is 0.0670. The van der Waals surface area contributed by atoms with Gasteiger partial charge in [-0.2, -0.15) is 0 Å². The fraction of sp³-hybridized carbons (Fsp3) is 0.864. The number of ether oxygens (including phenoxy) is 1. The molecule has 3 saturated heterocycles. The lowest BCUT2D eigenvalue weighted by Crippen LogP contribution is -2.73. The predicted octanol–water partition coefficient (Wildman–Crippen LogP) is 3.93. The quantitative estimate of drug-likeness (QED) is 0.494. The lowest BCUT2D eigenvalue weighted by molar-refractivity contribution is -0.242. The molecule has 25 heavy (non-hydrogen) atoms. The summed E-state index contributed by atoms with van der Waals surface area (Å²) in [5, 5.41) is 0. The maximum Gasteiger partial charge on any atom is 0.306 e. The van der Waals surface area contributed by atoms with E-state index in [4.69, 9.17) is 4.74 Å². The molecule has 0 bridgehead atoms. The summed E-state index contributed by atoms with van der Waals surface area (Å²) in [6.45, 7) is 6.10. The Hall–Kier alpha value is -0.830. The maximum atomic E-state index is 12.4. The Morgan fingerprint density at radius 2 is 2.08 bits per heavy atom. The van der Waals surface area contributed by atoms with Gasteiger partial charge in [-0.25, -0.2) is 0 Å². The highest BCUT2D eigenvalue weighted by Crippen LogP contribution is 2.69. The summed E-state index contributed by atoms with van der Waals surface area (Å²) in [5.41, 5.74) is 1.72. The Balaban J connectivity index is 1.54. The van der Waals surface area contributed by atoms with Gasteiger partial charge in [-0.15, -0.1) is 0 Å². The van der Waals surface area contributed by atoms with Gasteiger partial charge in [0.15, 0.2) is 0 Å². The van der Waals surface area contributed by atoms with Crippen molar-refractivity contribution < 1.29 is 9.53 Å². The van der Waals surface area contributed by atoms with Crippen molar-refractivity contribution in [3.05, 3.63) is 11.6 Å². The van der Waals surface area contributed by atoms with E-state index >= 15 is 0 Å². The van der Waals surface area contributed by atoms with Gasteiger partial charge in [0.2, 0.25) is 0 Å². The third-order valence-corrected chi connectivity index (χ3v) is 9.55. The van der Waals surface area contributed by atoms with Gasteiger partial charge in [0, 0.05) is 36.4 Å². The maximum absolute atomic E-state index is 12.4. The molecule has 0 aromatic heterocycles. The average Bonchev–Trinajstić information content (AvgIpc) is 3.27. The smallest absolute Gasteiger partial charge is 0.306 e. The Morgan fingerprint density at radius 3 is 2.96 bits per heavy atom. The molecule has 0 radical (unpaired) electrons. The molecule has 0 aromatic rings. The molecule has 136 valence electrons. The second-order valence-electron chi connectivity index (χ2n) is 10.2. The highest BCUT2D eigenvalue weighted by Gasteiger charge is 2.73. The van der Waals surface area contributed by atoms with Crippen LogP contribution in [-0.2, 0) is 9.53 Å². The van der Waals surface area contributed by atoms with E-state index in [-0.39, 0.29) is 17.0 Å². The van der Waals surface area contributed by atoms with Crippen LogP contribution in [0.15, 0.2) is 11.6 Å². The fourth-order valence-corrected chi connectivity index (χ4v) is 8.62. The largest absolute Gasteiger partial charge is 0.458 e. The van der Waals surface area contributed by atoms with Crippen molar-refractivity contribution in [1.29, 1.82) is 0 Å². The minimum Gasteiger partial charge on any atom is -0.458 e. The van der Waals surface area contributed by atoms with E-state index in [0.29, 0.717) is 24.4 Å².